The minimum absolute atomic E-state index is 0.102. The first-order valence-electron chi connectivity index (χ1n) is 13.9. The first-order chi connectivity index (χ1) is 21.0. The molecule has 15 heteroatoms. The molecule has 0 saturated carbocycles. The maximum atomic E-state index is 13.4. The van der Waals surface area contributed by atoms with Crippen molar-refractivity contribution in [3.8, 4) is 0 Å². The van der Waals surface area contributed by atoms with Crippen molar-refractivity contribution in [1.82, 2.24) is 35.7 Å². The lowest BCUT2D eigenvalue weighted by Gasteiger charge is -2.30. The topological polar surface area (TPSA) is 176 Å². The zero-order valence-corrected chi connectivity index (χ0v) is 25.3. The predicted molar refractivity (Wildman–Crippen MR) is 159 cm³/mol. The summed E-state index contributed by atoms with van der Waals surface area (Å²) in [4.78, 5) is 65.7. The number of halogens is 2. The van der Waals surface area contributed by atoms with Gasteiger partial charge in [-0.15, -0.1) is 5.10 Å². The minimum atomic E-state index is -1.43. The number of carboxylic acids is 1. The standard InChI is InChI=1S/C29H31Cl2N7O6/c1-17(37-13-6-5-12-22(29(37)44)32-28(43)18-8-3-2-4-9-18)27(42)33-23(15-26(40)41)24(39)16-38-25(34-35-36-38)14-19-20(30)10-7-11-21(19)31/h2-4,7-11,17,22-23H,5-6,12-16H2,1H3,(H,32,43)(H,33,42)(H,40,41). The Bertz CT molecular complexity index is 1510. The van der Waals surface area contributed by atoms with Crippen LogP contribution in [-0.4, -0.2) is 84.4 Å². The molecule has 1 aliphatic rings. The van der Waals surface area contributed by atoms with E-state index in [-0.39, 0.29) is 18.8 Å². The molecule has 3 N–H and O–H groups in total. The highest BCUT2D eigenvalue weighted by molar-refractivity contribution is 6.36. The van der Waals surface area contributed by atoms with E-state index in [2.05, 4.69) is 26.2 Å². The molecule has 2 heterocycles. The van der Waals surface area contributed by atoms with Gasteiger partial charge in [-0.2, -0.15) is 0 Å². The third kappa shape index (κ3) is 8.17. The third-order valence-corrected chi connectivity index (χ3v) is 8.01. The molecule has 0 radical (unpaired) electrons. The number of carbonyl (C=O) groups excluding carboxylic acids is 4. The van der Waals surface area contributed by atoms with Gasteiger partial charge >= 0.3 is 5.97 Å². The van der Waals surface area contributed by atoms with Gasteiger partial charge in [-0.05, 0) is 66.4 Å². The summed E-state index contributed by atoms with van der Waals surface area (Å²) in [5.74, 6) is -3.29. The SMILES string of the molecule is CC(C(=O)NC(CC(=O)O)C(=O)Cn1nnnc1Cc1c(Cl)cccc1Cl)N1CCCCC(NC(=O)c2ccccc2)C1=O. The second-order valence-corrected chi connectivity index (χ2v) is 11.2. The van der Waals surface area contributed by atoms with E-state index in [1.165, 1.54) is 16.5 Å². The highest BCUT2D eigenvalue weighted by Gasteiger charge is 2.35. The smallest absolute Gasteiger partial charge is 0.305 e. The van der Waals surface area contributed by atoms with Crippen molar-refractivity contribution in [2.75, 3.05) is 6.54 Å². The molecule has 3 unspecified atom stereocenters. The summed E-state index contributed by atoms with van der Waals surface area (Å²) in [6, 6.07) is 10.1. The number of aliphatic carboxylic acids is 1. The van der Waals surface area contributed by atoms with Crippen molar-refractivity contribution < 1.29 is 29.1 Å². The number of hydrogen-bond donors (Lipinski definition) is 3. The van der Waals surface area contributed by atoms with Gasteiger partial charge < -0.3 is 20.6 Å². The van der Waals surface area contributed by atoms with Crippen molar-refractivity contribution in [3.63, 3.8) is 0 Å². The predicted octanol–water partition coefficient (Wildman–Crippen LogP) is 2.30. The number of amides is 3. The Labute approximate surface area is 262 Å². The Kier molecular flexibility index (Phi) is 11.0. The fourth-order valence-electron chi connectivity index (χ4n) is 4.86. The van der Waals surface area contributed by atoms with Crippen LogP contribution in [0.5, 0.6) is 0 Å². The molecule has 4 rings (SSSR count). The van der Waals surface area contributed by atoms with E-state index in [0.29, 0.717) is 40.4 Å². The monoisotopic (exact) mass is 643 g/mol. The number of nitrogens with one attached hydrogen (secondary N) is 2. The lowest BCUT2D eigenvalue weighted by molar-refractivity contribution is -0.143. The van der Waals surface area contributed by atoms with Crippen LogP contribution in [0.15, 0.2) is 48.5 Å². The normalized spacial score (nSPS) is 16.5. The fraction of sp³-hybridized carbons (Fsp3) is 0.379. The molecular weight excluding hydrogens is 613 g/mol. The van der Waals surface area contributed by atoms with Gasteiger partial charge in [0.05, 0.1) is 12.5 Å². The van der Waals surface area contributed by atoms with Crippen molar-refractivity contribution in [3.05, 3.63) is 75.5 Å². The summed E-state index contributed by atoms with van der Waals surface area (Å²) in [6.45, 7) is 1.30. The number of likely N-dealkylation sites (tertiary alicyclic amines) is 1. The summed E-state index contributed by atoms with van der Waals surface area (Å²) < 4.78 is 1.19. The number of aromatic nitrogens is 4. The van der Waals surface area contributed by atoms with Crippen molar-refractivity contribution >= 4 is 52.7 Å². The summed E-state index contributed by atoms with van der Waals surface area (Å²) >= 11 is 12.5. The van der Waals surface area contributed by atoms with E-state index < -0.39 is 60.6 Å². The van der Waals surface area contributed by atoms with E-state index >= 15 is 0 Å². The molecule has 3 aromatic rings. The molecule has 3 amide bonds. The maximum Gasteiger partial charge on any atom is 0.305 e. The zero-order chi connectivity index (χ0) is 31.8. The number of hydrogen-bond acceptors (Lipinski definition) is 8. The highest BCUT2D eigenvalue weighted by Crippen LogP contribution is 2.26. The molecule has 1 aromatic heterocycles. The van der Waals surface area contributed by atoms with E-state index in [0.717, 1.165) is 0 Å². The first kappa shape index (κ1) is 32.6. The van der Waals surface area contributed by atoms with Gasteiger partial charge in [0.25, 0.3) is 5.91 Å². The molecule has 3 atom stereocenters. The largest absolute Gasteiger partial charge is 0.481 e. The van der Waals surface area contributed by atoms with Crippen molar-refractivity contribution in [2.45, 2.75) is 63.7 Å². The molecule has 1 fully saturated rings. The van der Waals surface area contributed by atoms with Crippen LogP contribution in [0.2, 0.25) is 10.0 Å². The van der Waals surface area contributed by atoms with Crippen LogP contribution < -0.4 is 10.6 Å². The number of rotatable bonds is 12. The molecule has 1 saturated heterocycles. The number of nitrogens with zero attached hydrogens (tertiary/aromatic N) is 5. The average molecular weight is 645 g/mol. The van der Waals surface area contributed by atoms with Crippen LogP contribution in [0.4, 0.5) is 0 Å². The molecule has 0 bridgehead atoms. The van der Waals surface area contributed by atoms with Crippen molar-refractivity contribution in [1.29, 1.82) is 0 Å². The Morgan fingerprint density at radius 3 is 2.43 bits per heavy atom. The van der Waals surface area contributed by atoms with Crippen LogP contribution >= 0.6 is 23.2 Å². The number of tetrazole rings is 1. The molecule has 2 aromatic carbocycles. The van der Waals surface area contributed by atoms with Crippen molar-refractivity contribution in [2.24, 2.45) is 0 Å². The Morgan fingerprint density at radius 2 is 1.75 bits per heavy atom. The molecular formula is C29H31Cl2N7O6. The second kappa shape index (κ2) is 14.9. The molecule has 1 aliphatic heterocycles. The Balaban J connectivity index is 1.44. The maximum absolute atomic E-state index is 13.4. The number of carbonyl (C=O) groups is 5. The molecule has 232 valence electrons. The van der Waals surface area contributed by atoms with Crippen LogP contribution in [0.1, 0.15) is 54.4 Å². The number of benzene rings is 2. The summed E-state index contributed by atoms with van der Waals surface area (Å²) in [6.07, 6.45) is 1.04. The van der Waals surface area contributed by atoms with Gasteiger partial charge in [0, 0.05) is 28.6 Å². The summed E-state index contributed by atoms with van der Waals surface area (Å²) in [5, 5.41) is 26.9. The molecule has 0 spiro atoms. The quantitative estimate of drug-likeness (QED) is 0.267. The Hall–Kier alpha value is -4.36. The minimum Gasteiger partial charge on any atom is -0.481 e. The zero-order valence-electron chi connectivity index (χ0n) is 23.8. The summed E-state index contributed by atoms with van der Waals surface area (Å²) in [7, 11) is 0. The second-order valence-electron chi connectivity index (χ2n) is 10.4. The van der Waals surface area contributed by atoms with Gasteiger partial charge in [0.1, 0.15) is 18.6 Å². The van der Waals surface area contributed by atoms with Crippen LogP contribution in [0, 0.1) is 0 Å². The van der Waals surface area contributed by atoms with E-state index in [1.807, 2.05) is 0 Å². The van der Waals surface area contributed by atoms with Gasteiger partial charge in [-0.1, -0.05) is 47.5 Å². The molecule has 0 aliphatic carbocycles. The Morgan fingerprint density at radius 1 is 1.05 bits per heavy atom. The average Bonchev–Trinajstić information content (AvgIpc) is 3.35. The van der Waals surface area contributed by atoms with Crippen LogP contribution in [0.25, 0.3) is 0 Å². The fourth-order valence-corrected chi connectivity index (χ4v) is 5.39. The van der Waals surface area contributed by atoms with Gasteiger partial charge in [0.15, 0.2) is 11.6 Å². The van der Waals surface area contributed by atoms with E-state index in [1.54, 1.807) is 48.5 Å². The van der Waals surface area contributed by atoms with Gasteiger partial charge in [0.2, 0.25) is 11.8 Å². The number of ketones is 1. The summed E-state index contributed by atoms with van der Waals surface area (Å²) in [5.41, 5.74) is 0.946. The van der Waals surface area contributed by atoms with Gasteiger partial charge in [-0.3, -0.25) is 24.0 Å². The van der Waals surface area contributed by atoms with E-state index in [4.69, 9.17) is 23.2 Å². The van der Waals surface area contributed by atoms with Crippen LogP contribution in [-0.2, 0) is 32.1 Å². The van der Waals surface area contributed by atoms with E-state index in [9.17, 15) is 29.1 Å². The van der Waals surface area contributed by atoms with Gasteiger partial charge in [-0.25, -0.2) is 4.68 Å². The highest BCUT2D eigenvalue weighted by atomic mass is 35.5. The lowest BCUT2D eigenvalue weighted by Crippen LogP contribution is -2.56. The first-order valence-corrected chi connectivity index (χ1v) is 14.7. The molecule has 13 nitrogen and oxygen atoms in total. The number of carboxylic acid groups (broad SMARTS) is 1. The molecule has 44 heavy (non-hydrogen) atoms. The third-order valence-electron chi connectivity index (χ3n) is 7.30. The number of Topliss-reactive ketones (excluding diaryl/α,β-unsaturated/α-hetero) is 1. The van der Waals surface area contributed by atoms with Crippen LogP contribution in [0.3, 0.4) is 0 Å². The lowest BCUT2D eigenvalue weighted by atomic mass is 10.1.